The van der Waals surface area contributed by atoms with Gasteiger partial charge in [0, 0.05) is 37.6 Å². The van der Waals surface area contributed by atoms with E-state index in [0.29, 0.717) is 13.1 Å². The van der Waals surface area contributed by atoms with Gasteiger partial charge in [-0.25, -0.2) is 0 Å². The summed E-state index contributed by atoms with van der Waals surface area (Å²) >= 11 is 0. The van der Waals surface area contributed by atoms with Gasteiger partial charge in [0.05, 0.1) is 5.56 Å². The van der Waals surface area contributed by atoms with E-state index in [9.17, 15) is 13.2 Å². The van der Waals surface area contributed by atoms with Crippen LogP contribution in [0.3, 0.4) is 0 Å². The maximum absolute atomic E-state index is 13.0. The molecule has 20 heavy (non-hydrogen) atoms. The molecule has 0 aromatic heterocycles. The molecule has 1 fully saturated rings. The highest BCUT2D eigenvalue weighted by atomic mass is 19.4. The van der Waals surface area contributed by atoms with Crippen LogP contribution in [-0.4, -0.2) is 31.1 Å². The molecule has 0 bridgehead atoms. The number of nitrogens with zero attached hydrogens (tertiary/aromatic N) is 2. The summed E-state index contributed by atoms with van der Waals surface area (Å²) in [5, 5.41) is 0. The van der Waals surface area contributed by atoms with E-state index in [4.69, 9.17) is 0 Å². The summed E-state index contributed by atoms with van der Waals surface area (Å²) in [6.07, 6.45) is -3.43. The van der Waals surface area contributed by atoms with Gasteiger partial charge in [-0.15, -0.1) is 0 Å². The lowest BCUT2D eigenvalue weighted by atomic mass is 10.1. The summed E-state index contributed by atoms with van der Waals surface area (Å²) in [4.78, 5) is 3.95. The SMILES string of the molecule is C=C(CC)N1CCN(c2ccccc2C(F)(F)F)CC1. The molecule has 1 saturated heterocycles. The number of alkyl halides is 3. The Hall–Kier alpha value is -1.65. The van der Waals surface area contributed by atoms with Crippen LogP contribution in [0, 0.1) is 0 Å². The first-order valence-electron chi connectivity index (χ1n) is 6.77. The van der Waals surface area contributed by atoms with Gasteiger partial charge < -0.3 is 9.80 Å². The van der Waals surface area contributed by atoms with Crippen molar-refractivity contribution in [2.45, 2.75) is 19.5 Å². The molecule has 5 heteroatoms. The average molecular weight is 284 g/mol. The number of anilines is 1. The molecule has 0 unspecified atom stereocenters. The molecule has 0 N–H and O–H groups in total. The van der Waals surface area contributed by atoms with E-state index in [1.165, 1.54) is 6.07 Å². The van der Waals surface area contributed by atoms with Crippen molar-refractivity contribution in [3.8, 4) is 0 Å². The highest BCUT2D eigenvalue weighted by Crippen LogP contribution is 2.36. The Balaban J connectivity index is 2.13. The molecule has 0 saturated carbocycles. The molecule has 0 spiro atoms. The van der Waals surface area contributed by atoms with Crippen LogP contribution in [0.5, 0.6) is 0 Å². The normalized spacial score (nSPS) is 16.4. The number of benzene rings is 1. The Morgan fingerprint density at radius 1 is 1.15 bits per heavy atom. The third-order valence-corrected chi connectivity index (χ3v) is 3.69. The molecular weight excluding hydrogens is 265 g/mol. The van der Waals surface area contributed by atoms with E-state index in [-0.39, 0.29) is 5.69 Å². The van der Waals surface area contributed by atoms with Gasteiger partial charge in [0.25, 0.3) is 0 Å². The van der Waals surface area contributed by atoms with Gasteiger partial charge in [-0.05, 0) is 18.6 Å². The summed E-state index contributed by atoms with van der Waals surface area (Å²) < 4.78 is 39.0. The first-order chi connectivity index (χ1) is 9.43. The molecule has 1 heterocycles. The summed E-state index contributed by atoms with van der Waals surface area (Å²) in [5.74, 6) is 0. The van der Waals surface area contributed by atoms with Crippen molar-refractivity contribution in [1.29, 1.82) is 0 Å². The standard InChI is InChI=1S/C15H19F3N2/c1-3-12(2)19-8-10-20(11-9-19)14-7-5-4-6-13(14)15(16,17)18/h4-7H,2-3,8-11H2,1H3. The van der Waals surface area contributed by atoms with Gasteiger partial charge in [-0.1, -0.05) is 25.6 Å². The summed E-state index contributed by atoms with van der Waals surface area (Å²) in [7, 11) is 0. The van der Waals surface area contributed by atoms with Gasteiger partial charge in [-0.2, -0.15) is 13.2 Å². The van der Waals surface area contributed by atoms with Crippen LogP contribution in [-0.2, 0) is 6.18 Å². The molecule has 1 aromatic carbocycles. The minimum Gasteiger partial charge on any atom is -0.372 e. The minimum absolute atomic E-state index is 0.279. The van der Waals surface area contributed by atoms with Crippen molar-refractivity contribution in [2.24, 2.45) is 0 Å². The van der Waals surface area contributed by atoms with Gasteiger partial charge >= 0.3 is 6.18 Å². The number of piperazine rings is 1. The topological polar surface area (TPSA) is 6.48 Å². The summed E-state index contributed by atoms with van der Waals surface area (Å²) in [6, 6.07) is 5.78. The van der Waals surface area contributed by atoms with Gasteiger partial charge in [0.15, 0.2) is 0 Å². The maximum atomic E-state index is 13.0. The van der Waals surface area contributed by atoms with Gasteiger partial charge in [0.2, 0.25) is 0 Å². The van der Waals surface area contributed by atoms with Crippen molar-refractivity contribution in [3.63, 3.8) is 0 Å². The third-order valence-electron chi connectivity index (χ3n) is 3.69. The van der Waals surface area contributed by atoms with E-state index >= 15 is 0 Å². The van der Waals surface area contributed by atoms with Crippen LogP contribution >= 0.6 is 0 Å². The number of hydrogen-bond acceptors (Lipinski definition) is 2. The molecule has 2 nitrogen and oxygen atoms in total. The van der Waals surface area contributed by atoms with Gasteiger partial charge in [0.1, 0.15) is 0 Å². The molecule has 2 rings (SSSR count). The zero-order valence-electron chi connectivity index (χ0n) is 11.6. The quantitative estimate of drug-likeness (QED) is 0.834. The van der Waals surface area contributed by atoms with Gasteiger partial charge in [-0.3, -0.25) is 0 Å². The molecule has 110 valence electrons. The van der Waals surface area contributed by atoms with E-state index in [2.05, 4.69) is 11.5 Å². The highest BCUT2D eigenvalue weighted by molar-refractivity contribution is 5.55. The molecule has 1 aromatic rings. The second-order valence-electron chi connectivity index (χ2n) is 4.91. The van der Waals surface area contributed by atoms with Crippen LogP contribution in [0.15, 0.2) is 36.5 Å². The smallest absolute Gasteiger partial charge is 0.372 e. The van der Waals surface area contributed by atoms with E-state index in [1.54, 1.807) is 12.1 Å². The van der Waals surface area contributed by atoms with Crippen LogP contribution in [0.2, 0.25) is 0 Å². The Kier molecular flexibility index (Phi) is 4.26. The predicted molar refractivity (Wildman–Crippen MR) is 74.7 cm³/mol. The Labute approximate surface area is 117 Å². The van der Waals surface area contributed by atoms with Crippen LogP contribution in [0.4, 0.5) is 18.9 Å². The van der Waals surface area contributed by atoms with Crippen molar-refractivity contribution >= 4 is 5.69 Å². The molecule has 1 aliphatic rings. The maximum Gasteiger partial charge on any atom is 0.418 e. The zero-order chi connectivity index (χ0) is 14.8. The predicted octanol–water partition coefficient (Wildman–Crippen LogP) is 3.75. The lowest BCUT2D eigenvalue weighted by molar-refractivity contribution is -0.137. The van der Waals surface area contributed by atoms with E-state index in [1.807, 2.05) is 11.8 Å². The Morgan fingerprint density at radius 2 is 1.75 bits per heavy atom. The number of halogens is 3. The van der Waals surface area contributed by atoms with Crippen molar-refractivity contribution in [3.05, 3.63) is 42.1 Å². The lowest BCUT2D eigenvalue weighted by Gasteiger charge is -2.38. The second-order valence-corrected chi connectivity index (χ2v) is 4.91. The number of para-hydroxylation sites is 1. The Bertz CT molecular complexity index is 474. The van der Waals surface area contributed by atoms with E-state index in [0.717, 1.165) is 31.3 Å². The molecular formula is C15H19F3N2. The number of hydrogen-bond donors (Lipinski definition) is 0. The first kappa shape index (κ1) is 14.8. The second kappa shape index (κ2) is 5.77. The first-order valence-corrected chi connectivity index (χ1v) is 6.77. The monoisotopic (exact) mass is 284 g/mol. The van der Waals surface area contributed by atoms with Crippen molar-refractivity contribution in [1.82, 2.24) is 4.90 Å². The number of rotatable bonds is 3. The minimum atomic E-state index is -4.30. The molecule has 0 amide bonds. The van der Waals surface area contributed by atoms with E-state index < -0.39 is 11.7 Å². The average Bonchev–Trinajstić information content (AvgIpc) is 2.46. The van der Waals surface area contributed by atoms with Crippen LogP contribution in [0.25, 0.3) is 0 Å². The van der Waals surface area contributed by atoms with Crippen molar-refractivity contribution in [2.75, 3.05) is 31.1 Å². The Morgan fingerprint density at radius 3 is 2.30 bits per heavy atom. The van der Waals surface area contributed by atoms with Crippen LogP contribution in [0.1, 0.15) is 18.9 Å². The highest BCUT2D eigenvalue weighted by Gasteiger charge is 2.35. The van der Waals surface area contributed by atoms with Crippen LogP contribution < -0.4 is 4.90 Å². The zero-order valence-corrected chi connectivity index (χ0v) is 11.6. The third kappa shape index (κ3) is 3.08. The molecule has 0 aliphatic carbocycles. The lowest BCUT2D eigenvalue weighted by Crippen LogP contribution is -2.46. The number of allylic oxidation sites excluding steroid dienone is 1. The molecule has 0 radical (unpaired) electrons. The fourth-order valence-corrected chi connectivity index (χ4v) is 2.48. The fourth-order valence-electron chi connectivity index (χ4n) is 2.48. The fraction of sp³-hybridized carbons (Fsp3) is 0.467. The largest absolute Gasteiger partial charge is 0.418 e. The molecule has 0 atom stereocenters. The molecule has 1 aliphatic heterocycles. The van der Waals surface area contributed by atoms with Crippen molar-refractivity contribution < 1.29 is 13.2 Å². The summed E-state index contributed by atoms with van der Waals surface area (Å²) in [6.45, 7) is 8.64. The summed E-state index contributed by atoms with van der Waals surface area (Å²) in [5.41, 5.74) is 0.776.